The minimum absolute atomic E-state index is 0.0242. The summed E-state index contributed by atoms with van der Waals surface area (Å²) < 4.78 is 36.9. The maximum absolute atomic E-state index is 12.1. The van der Waals surface area contributed by atoms with Crippen LogP contribution in [0.3, 0.4) is 0 Å². The van der Waals surface area contributed by atoms with Crippen LogP contribution in [0.25, 0.3) is 0 Å². The van der Waals surface area contributed by atoms with E-state index in [0.29, 0.717) is 21.4 Å². The maximum Gasteiger partial charge on any atom is 0.307 e. The molecule has 6 nitrogen and oxygen atoms in total. The fourth-order valence-electron chi connectivity index (χ4n) is 2.10. The van der Waals surface area contributed by atoms with Crippen LogP contribution in [0.5, 0.6) is 5.75 Å². The second-order valence-electron chi connectivity index (χ2n) is 5.22. The van der Waals surface area contributed by atoms with Gasteiger partial charge in [-0.15, -0.1) is 0 Å². The van der Waals surface area contributed by atoms with Gasteiger partial charge in [-0.3, -0.25) is 4.79 Å². The summed E-state index contributed by atoms with van der Waals surface area (Å²) in [5, 5.41) is 0.800. The Hall–Kier alpha value is -1.80. The lowest BCUT2D eigenvalue weighted by atomic mass is 10.2. The van der Waals surface area contributed by atoms with Gasteiger partial charge in [0.2, 0.25) is 10.0 Å². The monoisotopic (exact) mass is 417 g/mol. The molecule has 140 valence electrons. The van der Waals surface area contributed by atoms with E-state index >= 15 is 0 Å². The average Bonchev–Trinajstić information content (AvgIpc) is 2.60. The van der Waals surface area contributed by atoms with Gasteiger partial charge in [0.05, 0.1) is 18.4 Å². The zero-order valence-electron chi connectivity index (χ0n) is 13.9. The number of carbonyl (C=O) groups is 1. The van der Waals surface area contributed by atoms with Crippen molar-refractivity contribution in [2.45, 2.75) is 17.9 Å². The van der Waals surface area contributed by atoms with Crippen molar-refractivity contribution in [1.29, 1.82) is 0 Å². The lowest BCUT2D eigenvalue weighted by Crippen LogP contribution is -2.26. The molecule has 0 amide bonds. The molecule has 1 N–H and O–H groups in total. The van der Waals surface area contributed by atoms with E-state index in [2.05, 4.69) is 4.72 Å². The Morgan fingerprint density at radius 2 is 1.85 bits per heavy atom. The summed E-state index contributed by atoms with van der Waals surface area (Å²) in [7, 11) is -2.24. The quantitative estimate of drug-likeness (QED) is 0.665. The van der Waals surface area contributed by atoms with E-state index in [-0.39, 0.29) is 24.5 Å². The third kappa shape index (κ3) is 5.88. The summed E-state index contributed by atoms with van der Waals surface area (Å²) in [5.74, 6) is -0.00955. The summed E-state index contributed by atoms with van der Waals surface area (Å²) in [6.07, 6.45) is -0.122. The molecular weight excluding hydrogens is 401 g/mol. The Morgan fingerprint density at radius 1 is 1.12 bits per heavy atom. The Kier molecular flexibility index (Phi) is 7.28. The van der Waals surface area contributed by atoms with E-state index in [1.54, 1.807) is 24.3 Å². The molecule has 0 fully saturated rings. The number of rotatable bonds is 8. The second-order valence-corrected chi connectivity index (χ2v) is 7.86. The third-order valence-electron chi connectivity index (χ3n) is 3.36. The highest BCUT2D eigenvalue weighted by Gasteiger charge is 2.15. The van der Waals surface area contributed by atoms with Crippen LogP contribution in [0.2, 0.25) is 10.0 Å². The first kappa shape index (κ1) is 20.5. The van der Waals surface area contributed by atoms with E-state index in [1.807, 2.05) is 0 Å². The molecule has 0 heterocycles. The molecule has 0 radical (unpaired) electrons. The maximum atomic E-state index is 12.1. The van der Waals surface area contributed by atoms with Crippen molar-refractivity contribution >= 4 is 39.2 Å². The van der Waals surface area contributed by atoms with E-state index in [1.165, 1.54) is 25.3 Å². The van der Waals surface area contributed by atoms with Gasteiger partial charge in [-0.05, 0) is 36.4 Å². The van der Waals surface area contributed by atoms with Gasteiger partial charge in [-0.1, -0.05) is 29.3 Å². The Morgan fingerprint density at radius 3 is 2.54 bits per heavy atom. The summed E-state index contributed by atoms with van der Waals surface area (Å²) in [4.78, 5) is 11.9. The van der Waals surface area contributed by atoms with Gasteiger partial charge in [0, 0.05) is 22.2 Å². The number of ether oxygens (including phenoxy) is 2. The molecule has 9 heteroatoms. The largest absolute Gasteiger partial charge is 0.496 e. The van der Waals surface area contributed by atoms with Crippen molar-refractivity contribution in [2.24, 2.45) is 0 Å². The van der Waals surface area contributed by atoms with E-state index < -0.39 is 16.0 Å². The van der Waals surface area contributed by atoms with Gasteiger partial charge >= 0.3 is 5.97 Å². The van der Waals surface area contributed by atoms with Gasteiger partial charge in [-0.2, -0.15) is 0 Å². The Balaban J connectivity index is 1.85. The normalized spacial score (nSPS) is 11.2. The third-order valence-corrected chi connectivity index (χ3v) is 5.29. The van der Waals surface area contributed by atoms with Crippen LogP contribution in [0.1, 0.15) is 12.0 Å². The molecule has 2 rings (SSSR count). The standard InChI is InChI=1S/C17H17Cl2NO5S/c1-24-16-6-5-14(19)9-12(16)11-25-17(21)7-8-20-26(22,23)15-4-2-3-13(18)10-15/h2-6,9-10,20H,7-8,11H2,1H3. The summed E-state index contributed by atoms with van der Waals surface area (Å²) in [6, 6.07) is 10.8. The lowest BCUT2D eigenvalue weighted by molar-refractivity contribution is -0.144. The van der Waals surface area contributed by atoms with Crippen molar-refractivity contribution in [3.63, 3.8) is 0 Å². The minimum Gasteiger partial charge on any atom is -0.496 e. The first-order valence-electron chi connectivity index (χ1n) is 7.55. The molecule has 0 aromatic heterocycles. The van der Waals surface area contributed by atoms with E-state index in [4.69, 9.17) is 32.7 Å². The molecule has 0 unspecified atom stereocenters. The highest BCUT2D eigenvalue weighted by molar-refractivity contribution is 7.89. The number of esters is 1. The minimum atomic E-state index is -3.74. The van der Waals surface area contributed by atoms with Crippen molar-refractivity contribution in [1.82, 2.24) is 4.72 Å². The fraction of sp³-hybridized carbons (Fsp3) is 0.235. The second kappa shape index (κ2) is 9.23. The number of carbonyl (C=O) groups excluding carboxylic acids is 1. The highest BCUT2D eigenvalue weighted by atomic mass is 35.5. The predicted molar refractivity (Wildman–Crippen MR) is 99.1 cm³/mol. The van der Waals surface area contributed by atoms with Crippen LogP contribution in [0.4, 0.5) is 0 Å². The first-order valence-corrected chi connectivity index (χ1v) is 9.79. The van der Waals surface area contributed by atoms with Crippen LogP contribution < -0.4 is 9.46 Å². The molecule has 0 aliphatic carbocycles. The van der Waals surface area contributed by atoms with Gasteiger partial charge in [0.15, 0.2) is 0 Å². The van der Waals surface area contributed by atoms with E-state index in [9.17, 15) is 13.2 Å². The molecule has 0 aliphatic rings. The first-order chi connectivity index (χ1) is 12.3. The number of nitrogens with one attached hydrogen (secondary N) is 1. The Bertz CT molecular complexity index is 886. The molecular formula is C17H17Cl2NO5S. The van der Waals surface area contributed by atoms with Crippen LogP contribution >= 0.6 is 23.2 Å². The molecule has 2 aromatic rings. The lowest BCUT2D eigenvalue weighted by Gasteiger charge is -2.10. The number of sulfonamides is 1. The van der Waals surface area contributed by atoms with Gasteiger partial charge in [-0.25, -0.2) is 13.1 Å². The molecule has 0 atom stereocenters. The number of hydrogen-bond donors (Lipinski definition) is 1. The van der Waals surface area contributed by atoms with Crippen molar-refractivity contribution in [3.8, 4) is 5.75 Å². The number of benzene rings is 2. The molecule has 26 heavy (non-hydrogen) atoms. The summed E-state index contributed by atoms with van der Waals surface area (Å²) >= 11 is 11.7. The van der Waals surface area contributed by atoms with Crippen molar-refractivity contribution in [3.05, 3.63) is 58.1 Å². The molecule has 0 aliphatic heterocycles. The van der Waals surface area contributed by atoms with Crippen LogP contribution in [0.15, 0.2) is 47.4 Å². The van der Waals surface area contributed by atoms with Crippen molar-refractivity contribution < 1.29 is 22.7 Å². The van der Waals surface area contributed by atoms with Crippen molar-refractivity contribution in [2.75, 3.05) is 13.7 Å². The molecule has 0 saturated carbocycles. The Labute approximate surface area is 162 Å². The molecule has 2 aromatic carbocycles. The van der Waals surface area contributed by atoms with Crippen LogP contribution in [0, 0.1) is 0 Å². The zero-order valence-corrected chi connectivity index (χ0v) is 16.2. The fourth-order valence-corrected chi connectivity index (χ4v) is 3.62. The zero-order chi connectivity index (χ0) is 19.2. The highest BCUT2D eigenvalue weighted by Crippen LogP contribution is 2.23. The van der Waals surface area contributed by atoms with E-state index in [0.717, 1.165) is 0 Å². The average molecular weight is 418 g/mol. The number of halogens is 2. The van der Waals surface area contributed by atoms with Gasteiger partial charge < -0.3 is 9.47 Å². The number of hydrogen-bond acceptors (Lipinski definition) is 5. The summed E-state index contributed by atoms with van der Waals surface area (Å²) in [5.41, 5.74) is 0.618. The summed E-state index contributed by atoms with van der Waals surface area (Å²) in [6.45, 7) is -0.121. The van der Waals surface area contributed by atoms with Crippen LogP contribution in [-0.2, 0) is 26.2 Å². The van der Waals surface area contributed by atoms with Crippen LogP contribution in [-0.4, -0.2) is 28.0 Å². The SMILES string of the molecule is COc1ccc(Cl)cc1COC(=O)CCNS(=O)(=O)c1cccc(Cl)c1. The molecule has 0 bridgehead atoms. The molecule has 0 spiro atoms. The van der Waals surface area contributed by atoms with Gasteiger partial charge in [0.25, 0.3) is 0 Å². The molecule has 0 saturated heterocycles. The number of methoxy groups -OCH3 is 1. The smallest absolute Gasteiger partial charge is 0.307 e. The predicted octanol–water partition coefficient (Wildman–Crippen LogP) is 3.41. The van der Waals surface area contributed by atoms with Gasteiger partial charge in [0.1, 0.15) is 12.4 Å². The topological polar surface area (TPSA) is 81.7 Å².